The second-order valence-corrected chi connectivity index (χ2v) is 2.80. The van der Waals surface area contributed by atoms with Crippen molar-refractivity contribution in [3.05, 3.63) is 0 Å². The first-order valence-corrected chi connectivity index (χ1v) is 4.01. The number of hydrogen-bond donors (Lipinski definition) is 2. The highest BCUT2D eigenvalue weighted by Crippen LogP contribution is 2.02. The predicted octanol–water partition coefficient (Wildman–Crippen LogP) is -0.787. The van der Waals surface area contributed by atoms with Crippen LogP contribution < -0.4 is 5.48 Å². The Morgan fingerprint density at radius 1 is 1.58 bits per heavy atom. The zero-order valence-electron chi connectivity index (χ0n) is 7.12. The number of carbonyl (C=O) groups excluding carboxylic acids is 1. The van der Waals surface area contributed by atoms with Gasteiger partial charge in [0.25, 0.3) is 5.91 Å². The van der Waals surface area contributed by atoms with Crippen molar-refractivity contribution in [1.29, 1.82) is 0 Å². The number of ether oxygens (including phenoxy) is 1. The second-order valence-electron chi connectivity index (χ2n) is 2.80. The van der Waals surface area contributed by atoms with Crippen LogP contribution in [0.3, 0.4) is 0 Å². The zero-order chi connectivity index (χ0) is 8.97. The van der Waals surface area contributed by atoms with Gasteiger partial charge >= 0.3 is 0 Å². The van der Waals surface area contributed by atoms with Crippen molar-refractivity contribution >= 4 is 5.91 Å². The summed E-state index contributed by atoms with van der Waals surface area (Å²) in [5.74, 6) is -0.364. The summed E-state index contributed by atoms with van der Waals surface area (Å²) in [5, 5.41) is 8.38. The third-order valence-electron chi connectivity index (χ3n) is 2.08. The fourth-order valence-electron chi connectivity index (χ4n) is 1.22. The number of hydrogen-bond acceptors (Lipinski definition) is 4. The molecular formula is C7H14N2O3. The third kappa shape index (κ3) is 2.17. The van der Waals surface area contributed by atoms with Crippen molar-refractivity contribution in [3.8, 4) is 0 Å². The topological polar surface area (TPSA) is 61.8 Å². The second kappa shape index (κ2) is 4.39. The predicted molar refractivity (Wildman–Crippen MR) is 41.8 cm³/mol. The molecule has 12 heavy (non-hydrogen) atoms. The quantitative estimate of drug-likeness (QED) is 0.425. The SMILES string of the molecule is CC(C(=O)NO)N1CCOCC1. The number of carbonyl (C=O) groups is 1. The summed E-state index contributed by atoms with van der Waals surface area (Å²) in [7, 11) is 0. The molecule has 1 aliphatic heterocycles. The van der Waals surface area contributed by atoms with E-state index in [2.05, 4.69) is 0 Å². The first-order chi connectivity index (χ1) is 5.75. The molecule has 0 aliphatic carbocycles. The van der Waals surface area contributed by atoms with Crippen molar-refractivity contribution in [2.24, 2.45) is 0 Å². The van der Waals surface area contributed by atoms with Crippen LogP contribution >= 0.6 is 0 Å². The molecule has 1 atom stereocenters. The average molecular weight is 174 g/mol. The van der Waals surface area contributed by atoms with E-state index in [0.29, 0.717) is 13.2 Å². The van der Waals surface area contributed by atoms with E-state index in [0.717, 1.165) is 13.1 Å². The zero-order valence-corrected chi connectivity index (χ0v) is 7.12. The summed E-state index contributed by atoms with van der Waals surface area (Å²) >= 11 is 0. The monoisotopic (exact) mass is 174 g/mol. The lowest BCUT2D eigenvalue weighted by Crippen LogP contribution is -2.49. The van der Waals surface area contributed by atoms with Gasteiger partial charge in [-0.05, 0) is 6.92 Å². The highest BCUT2D eigenvalue weighted by molar-refractivity contribution is 5.80. The standard InChI is InChI=1S/C7H14N2O3/c1-6(7(10)8-11)9-2-4-12-5-3-9/h6,11H,2-5H2,1H3,(H,8,10). The number of rotatable bonds is 2. The molecule has 2 N–H and O–H groups in total. The minimum Gasteiger partial charge on any atom is -0.379 e. The summed E-state index contributed by atoms with van der Waals surface area (Å²) < 4.78 is 5.13. The van der Waals surface area contributed by atoms with Crippen molar-refractivity contribution in [2.75, 3.05) is 26.3 Å². The van der Waals surface area contributed by atoms with Gasteiger partial charge < -0.3 is 4.74 Å². The Labute approximate surface area is 71.3 Å². The molecule has 1 unspecified atom stereocenters. The lowest BCUT2D eigenvalue weighted by atomic mass is 10.2. The third-order valence-corrected chi connectivity index (χ3v) is 2.08. The van der Waals surface area contributed by atoms with E-state index in [-0.39, 0.29) is 11.9 Å². The molecule has 0 saturated carbocycles. The highest BCUT2D eigenvalue weighted by atomic mass is 16.5. The van der Waals surface area contributed by atoms with Crippen LogP contribution in [0.15, 0.2) is 0 Å². The normalized spacial score (nSPS) is 21.8. The van der Waals surface area contributed by atoms with Gasteiger partial charge in [0.2, 0.25) is 0 Å². The number of morpholine rings is 1. The Kier molecular flexibility index (Phi) is 3.46. The molecule has 0 spiro atoms. The molecule has 1 rings (SSSR count). The van der Waals surface area contributed by atoms with Crippen LogP contribution in [0.25, 0.3) is 0 Å². The highest BCUT2D eigenvalue weighted by Gasteiger charge is 2.22. The van der Waals surface area contributed by atoms with Crippen LogP contribution in [0.5, 0.6) is 0 Å². The Bertz CT molecular complexity index is 157. The van der Waals surface area contributed by atoms with Gasteiger partial charge in [0, 0.05) is 13.1 Å². The van der Waals surface area contributed by atoms with E-state index in [1.54, 1.807) is 12.4 Å². The van der Waals surface area contributed by atoms with Crippen molar-refractivity contribution in [2.45, 2.75) is 13.0 Å². The molecular weight excluding hydrogens is 160 g/mol. The fourth-order valence-corrected chi connectivity index (χ4v) is 1.22. The van der Waals surface area contributed by atoms with Crippen LogP contribution in [0.1, 0.15) is 6.92 Å². The van der Waals surface area contributed by atoms with Crippen LogP contribution in [-0.2, 0) is 9.53 Å². The Hall–Kier alpha value is -0.650. The summed E-state index contributed by atoms with van der Waals surface area (Å²) in [4.78, 5) is 12.9. The minimum atomic E-state index is -0.364. The number of hydroxylamine groups is 1. The van der Waals surface area contributed by atoms with Crippen molar-refractivity contribution in [1.82, 2.24) is 10.4 Å². The maximum absolute atomic E-state index is 11.0. The van der Waals surface area contributed by atoms with Gasteiger partial charge in [0.15, 0.2) is 0 Å². The minimum absolute atomic E-state index is 0.279. The molecule has 1 amide bonds. The molecule has 1 aliphatic rings. The molecule has 1 saturated heterocycles. The van der Waals surface area contributed by atoms with Gasteiger partial charge in [0.05, 0.1) is 19.3 Å². The average Bonchev–Trinajstić information content (AvgIpc) is 2.17. The Morgan fingerprint density at radius 2 is 2.17 bits per heavy atom. The molecule has 70 valence electrons. The van der Waals surface area contributed by atoms with Gasteiger partial charge in [-0.3, -0.25) is 14.9 Å². The van der Waals surface area contributed by atoms with Crippen molar-refractivity contribution in [3.63, 3.8) is 0 Å². The van der Waals surface area contributed by atoms with Gasteiger partial charge in [-0.15, -0.1) is 0 Å². The lowest BCUT2D eigenvalue weighted by Gasteiger charge is -2.30. The van der Waals surface area contributed by atoms with E-state index < -0.39 is 0 Å². The number of amides is 1. The molecule has 0 radical (unpaired) electrons. The van der Waals surface area contributed by atoms with Crippen LogP contribution in [-0.4, -0.2) is 48.4 Å². The molecule has 5 nitrogen and oxygen atoms in total. The van der Waals surface area contributed by atoms with Crippen LogP contribution in [0.2, 0.25) is 0 Å². The van der Waals surface area contributed by atoms with E-state index in [1.807, 2.05) is 4.90 Å². The van der Waals surface area contributed by atoms with Gasteiger partial charge in [-0.1, -0.05) is 0 Å². The fraction of sp³-hybridized carbons (Fsp3) is 0.857. The maximum Gasteiger partial charge on any atom is 0.260 e. The molecule has 1 heterocycles. The molecule has 5 heteroatoms. The van der Waals surface area contributed by atoms with Crippen LogP contribution in [0.4, 0.5) is 0 Å². The van der Waals surface area contributed by atoms with E-state index in [9.17, 15) is 4.79 Å². The molecule has 0 bridgehead atoms. The van der Waals surface area contributed by atoms with Crippen LogP contribution in [0, 0.1) is 0 Å². The van der Waals surface area contributed by atoms with Gasteiger partial charge in [0.1, 0.15) is 0 Å². The summed E-state index contributed by atoms with van der Waals surface area (Å²) in [6.45, 7) is 4.56. The number of nitrogens with zero attached hydrogens (tertiary/aromatic N) is 1. The summed E-state index contributed by atoms with van der Waals surface area (Å²) in [5.41, 5.74) is 1.64. The van der Waals surface area contributed by atoms with E-state index in [4.69, 9.17) is 9.94 Å². The lowest BCUT2D eigenvalue weighted by molar-refractivity contribution is -0.135. The first-order valence-electron chi connectivity index (χ1n) is 4.01. The smallest absolute Gasteiger partial charge is 0.260 e. The van der Waals surface area contributed by atoms with E-state index in [1.165, 1.54) is 0 Å². The van der Waals surface area contributed by atoms with E-state index >= 15 is 0 Å². The van der Waals surface area contributed by atoms with Crippen molar-refractivity contribution < 1.29 is 14.7 Å². The Morgan fingerprint density at radius 3 is 2.67 bits per heavy atom. The maximum atomic E-state index is 11.0. The summed E-state index contributed by atoms with van der Waals surface area (Å²) in [6, 6.07) is -0.279. The molecule has 0 aromatic heterocycles. The Balaban J connectivity index is 2.39. The largest absolute Gasteiger partial charge is 0.379 e. The van der Waals surface area contributed by atoms with Gasteiger partial charge in [-0.2, -0.15) is 0 Å². The number of nitrogens with one attached hydrogen (secondary N) is 1. The summed E-state index contributed by atoms with van der Waals surface area (Å²) in [6.07, 6.45) is 0. The van der Waals surface area contributed by atoms with Gasteiger partial charge in [-0.25, -0.2) is 5.48 Å². The first kappa shape index (κ1) is 9.44. The molecule has 1 fully saturated rings. The molecule has 0 aromatic carbocycles. The molecule has 0 aromatic rings.